The van der Waals surface area contributed by atoms with Crippen LogP contribution >= 0.6 is 0 Å². The van der Waals surface area contributed by atoms with Crippen LogP contribution < -0.4 is 4.90 Å². The van der Waals surface area contributed by atoms with Gasteiger partial charge in [-0.25, -0.2) is 4.98 Å². The fourth-order valence-electron chi connectivity index (χ4n) is 2.93. The molecule has 0 spiro atoms. The van der Waals surface area contributed by atoms with Crippen LogP contribution in [0.2, 0.25) is 0 Å². The maximum atomic E-state index is 11.6. The monoisotopic (exact) mass is 279 g/mol. The van der Waals surface area contributed by atoms with Gasteiger partial charge in [-0.15, -0.1) is 0 Å². The molecule has 1 aliphatic rings. The molecule has 0 bridgehead atoms. The van der Waals surface area contributed by atoms with Crippen molar-refractivity contribution in [3.05, 3.63) is 35.9 Å². The number of piperidine rings is 1. The van der Waals surface area contributed by atoms with Crippen LogP contribution in [0.3, 0.4) is 0 Å². The third-order valence-corrected chi connectivity index (χ3v) is 4.12. The Labute approximate surface area is 124 Å². The molecule has 1 aliphatic heterocycles. The number of para-hydroxylation sites is 1. The van der Waals surface area contributed by atoms with Crippen molar-refractivity contribution in [1.82, 2.24) is 4.98 Å². The zero-order valence-corrected chi connectivity index (χ0v) is 12.0. The SMILES string of the molecule is CC(=O)C1CCCN(c2nc3ccccc3cc2C#N)C1. The molecule has 3 rings (SSSR count). The molecule has 1 fully saturated rings. The highest BCUT2D eigenvalue weighted by molar-refractivity contribution is 5.83. The molecular formula is C17H17N3O. The highest BCUT2D eigenvalue weighted by Gasteiger charge is 2.25. The van der Waals surface area contributed by atoms with Crippen LogP contribution in [-0.4, -0.2) is 23.9 Å². The minimum absolute atomic E-state index is 0.0542. The first-order valence-corrected chi connectivity index (χ1v) is 7.24. The molecule has 1 saturated heterocycles. The Morgan fingerprint density at radius 1 is 1.43 bits per heavy atom. The van der Waals surface area contributed by atoms with Gasteiger partial charge in [0.2, 0.25) is 0 Å². The summed E-state index contributed by atoms with van der Waals surface area (Å²) in [5.74, 6) is 0.986. The smallest absolute Gasteiger partial charge is 0.147 e. The summed E-state index contributed by atoms with van der Waals surface area (Å²) in [4.78, 5) is 18.4. The summed E-state index contributed by atoms with van der Waals surface area (Å²) in [6.07, 6.45) is 1.89. The first kappa shape index (κ1) is 13.6. The Hall–Kier alpha value is -2.41. The first-order valence-electron chi connectivity index (χ1n) is 7.24. The molecule has 4 nitrogen and oxygen atoms in total. The fourth-order valence-corrected chi connectivity index (χ4v) is 2.93. The number of benzene rings is 1. The van der Waals surface area contributed by atoms with E-state index in [0.29, 0.717) is 17.9 Å². The van der Waals surface area contributed by atoms with Crippen LogP contribution in [0.1, 0.15) is 25.3 Å². The molecule has 1 atom stereocenters. The molecule has 106 valence electrons. The number of ketones is 1. The van der Waals surface area contributed by atoms with Crippen molar-refractivity contribution in [2.45, 2.75) is 19.8 Å². The third-order valence-electron chi connectivity index (χ3n) is 4.12. The number of hydrogen-bond donors (Lipinski definition) is 0. The molecule has 0 aliphatic carbocycles. The van der Waals surface area contributed by atoms with Gasteiger partial charge >= 0.3 is 0 Å². The van der Waals surface area contributed by atoms with E-state index in [1.165, 1.54) is 0 Å². The van der Waals surface area contributed by atoms with E-state index in [1.54, 1.807) is 6.92 Å². The number of nitrogens with zero attached hydrogens (tertiary/aromatic N) is 3. The minimum atomic E-state index is 0.0542. The second kappa shape index (κ2) is 5.53. The number of aromatic nitrogens is 1. The van der Waals surface area contributed by atoms with Crippen molar-refractivity contribution in [1.29, 1.82) is 5.26 Å². The average molecular weight is 279 g/mol. The molecule has 2 heterocycles. The fraction of sp³-hybridized carbons (Fsp3) is 0.353. The average Bonchev–Trinajstić information content (AvgIpc) is 2.53. The van der Waals surface area contributed by atoms with Crippen LogP contribution in [-0.2, 0) is 4.79 Å². The molecule has 1 aromatic carbocycles. The van der Waals surface area contributed by atoms with E-state index in [4.69, 9.17) is 0 Å². The summed E-state index contributed by atoms with van der Waals surface area (Å²) in [6.45, 7) is 3.16. The summed E-state index contributed by atoms with van der Waals surface area (Å²) in [6, 6.07) is 11.9. The minimum Gasteiger partial charge on any atom is -0.355 e. The lowest BCUT2D eigenvalue weighted by Crippen LogP contribution is -2.39. The topological polar surface area (TPSA) is 57.0 Å². The second-order valence-corrected chi connectivity index (χ2v) is 5.56. The Morgan fingerprint density at radius 2 is 2.24 bits per heavy atom. The molecule has 0 saturated carbocycles. The second-order valence-electron chi connectivity index (χ2n) is 5.56. The van der Waals surface area contributed by atoms with E-state index in [9.17, 15) is 10.1 Å². The number of pyridine rings is 1. The predicted octanol–water partition coefficient (Wildman–Crippen LogP) is 2.91. The van der Waals surface area contributed by atoms with E-state index in [2.05, 4.69) is 16.0 Å². The van der Waals surface area contributed by atoms with Crippen LogP contribution in [0.5, 0.6) is 0 Å². The van der Waals surface area contributed by atoms with Gasteiger partial charge in [0.1, 0.15) is 17.7 Å². The summed E-state index contributed by atoms with van der Waals surface area (Å²) in [5, 5.41) is 10.4. The molecule has 0 amide bonds. The molecule has 1 aromatic heterocycles. The predicted molar refractivity (Wildman–Crippen MR) is 82.1 cm³/mol. The van der Waals surface area contributed by atoms with E-state index >= 15 is 0 Å². The standard InChI is InChI=1S/C17H17N3O/c1-12(21)14-6-4-8-20(11-14)17-15(10-18)9-13-5-2-3-7-16(13)19-17/h2-3,5,7,9,14H,4,6,8,11H2,1H3. The maximum absolute atomic E-state index is 11.6. The van der Waals surface area contributed by atoms with Crippen molar-refractivity contribution in [3.63, 3.8) is 0 Å². The summed E-state index contributed by atoms with van der Waals surface area (Å²) < 4.78 is 0. The molecule has 2 aromatic rings. The number of anilines is 1. The van der Waals surface area contributed by atoms with Crippen molar-refractivity contribution < 1.29 is 4.79 Å². The van der Waals surface area contributed by atoms with Gasteiger partial charge in [0.05, 0.1) is 11.1 Å². The van der Waals surface area contributed by atoms with Gasteiger partial charge in [-0.2, -0.15) is 5.26 Å². The number of carbonyl (C=O) groups excluding carboxylic acids is 1. The van der Waals surface area contributed by atoms with Crippen LogP contribution in [0.25, 0.3) is 10.9 Å². The zero-order chi connectivity index (χ0) is 14.8. The highest BCUT2D eigenvalue weighted by Crippen LogP contribution is 2.27. The molecule has 0 N–H and O–H groups in total. The van der Waals surface area contributed by atoms with Gasteiger partial charge < -0.3 is 4.90 Å². The van der Waals surface area contributed by atoms with Crippen LogP contribution in [0.15, 0.2) is 30.3 Å². The summed E-state index contributed by atoms with van der Waals surface area (Å²) in [7, 11) is 0. The van der Waals surface area contributed by atoms with Gasteiger partial charge in [0.25, 0.3) is 0 Å². The Kier molecular flexibility index (Phi) is 3.57. The van der Waals surface area contributed by atoms with Crippen molar-refractivity contribution in [2.75, 3.05) is 18.0 Å². The van der Waals surface area contributed by atoms with E-state index < -0.39 is 0 Å². The maximum Gasteiger partial charge on any atom is 0.147 e. The Morgan fingerprint density at radius 3 is 3.00 bits per heavy atom. The van der Waals surface area contributed by atoms with E-state index in [0.717, 1.165) is 30.3 Å². The number of Topliss-reactive ketones (excluding diaryl/α,β-unsaturated/α-hetero) is 1. The lowest BCUT2D eigenvalue weighted by Gasteiger charge is -2.33. The zero-order valence-electron chi connectivity index (χ0n) is 12.0. The van der Waals surface area contributed by atoms with Crippen LogP contribution in [0, 0.1) is 17.2 Å². The van der Waals surface area contributed by atoms with E-state index in [1.807, 2.05) is 30.3 Å². The highest BCUT2D eigenvalue weighted by atomic mass is 16.1. The van der Waals surface area contributed by atoms with Crippen LogP contribution in [0.4, 0.5) is 5.82 Å². The number of fused-ring (bicyclic) bond motifs is 1. The molecular weight excluding hydrogens is 262 g/mol. The quantitative estimate of drug-likeness (QED) is 0.848. The Balaban J connectivity index is 2.02. The molecule has 4 heteroatoms. The van der Waals surface area contributed by atoms with Gasteiger partial charge in [0.15, 0.2) is 0 Å². The molecule has 1 unspecified atom stereocenters. The van der Waals surface area contributed by atoms with Gasteiger partial charge in [-0.05, 0) is 31.9 Å². The lowest BCUT2D eigenvalue weighted by molar-refractivity contribution is -0.120. The first-order chi connectivity index (χ1) is 10.2. The number of carbonyl (C=O) groups is 1. The van der Waals surface area contributed by atoms with Gasteiger partial charge in [-0.1, -0.05) is 18.2 Å². The Bertz CT molecular complexity index is 732. The van der Waals surface area contributed by atoms with Crippen molar-refractivity contribution in [3.8, 4) is 6.07 Å². The number of rotatable bonds is 2. The van der Waals surface area contributed by atoms with Gasteiger partial charge in [0, 0.05) is 24.4 Å². The summed E-state index contributed by atoms with van der Waals surface area (Å²) in [5.41, 5.74) is 1.47. The largest absolute Gasteiger partial charge is 0.355 e. The van der Waals surface area contributed by atoms with Crippen molar-refractivity contribution in [2.24, 2.45) is 5.92 Å². The normalized spacial score (nSPS) is 18.5. The van der Waals surface area contributed by atoms with Gasteiger partial charge in [-0.3, -0.25) is 4.79 Å². The number of hydrogen-bond acceptors (Lipinski definition) is 4. The molecule has 0 radical (unpaired) electrons. The lowest BCUT2D eigenvalue weighted by atomic mass is 9.94. The third kappa shape index (κ3) is 2.59. The summed E-state index contributed by atoms with van der Waals surface area (Å²) >= 11 is 0. The van der Waals surface area contributed by atoms with E-state index in [-0.39, 0.29) is 11.7 Å². The number of nitriles is 1. The molecule has 21 heavy (non-hydrogen) atoms. The van der Waals surface area contributed by atoms with Crippen molar-refractivity contribution >= 4 is 22.5 Å².